The minimum atomic E-state index is 0.757. The van der Waals surface area contributed by atoms with E-state index in [1.165, 1.54) is 5.56 Å². The van der Waals surface area contributed by atoms with Gasteiger partial charge in [-0.3, -0.25) is 0 Å². The van der Waals surface area contributed by atoms with E-state index in [9.17, 15) is 0 Å². The number of nitrogens with one attached hydrogen (secondary N) is 1. The maximum absolute atomic E-state index is 5.61. The first-order chi connectivity index (χ1) is 11.2. The molecule has 2 rings (SSSR count). The molecule has 23 heavy (non-hydrogen) atoms. The van der Waals surface area contributed by atoms with E-state index in [0.717, 1.165) is 42.5 Å². The Morgan fingerprint density at radius 2 is 1.78 bits per heavy atom. The number of unbranched alkanes of at least 4 members (excludes halogenated alkanes) is 1. The highest BCUT2D eigenvalue weighted by atomic mass is 32.1. The van der Waals surface area contributed by atoms with Crippen LogP contribution in [-0.4, -0.2) is 23.7 Å². The van der Waals surface area contributed by atoms with Crippen LogP contribution in [0.2, 0.25) is 0 Å². The maximum atomic E-state index is 5.61. The van der Waals surface area contributed by atoms with Crippen molar-refractivity contribution in [2.75, 3.05) is 19.0 Å². The van der Waals surface area contributed by atoms with Crippen molar-refractivity contribution in [1.82, 2.24) is 4.90 Å². The number of thiocarbonyl (C=S) groups is 1. The molecule has 0 heterocycles. The van der Waals surface area contributed by atoms with Crippen molar-refractivity contribution in [3.05, 3.63) is 60.2 Å². The first kappa shape index (κ1) is 17.3. The van der Waals surface area contributed by atoms with Crippen molar-refractivity contribution in [3.8, 4) is 5.75 Å². The van der Waals surface area contributed by atoms with Crippen molar-refractivity contribution in [2.24, 2.45) is 0 Å². The number of methoxy groups -OCH3 is 1. The topological polar surface area (TPSA) is 24.5 Å². The van der Waals surface area contributed by atoms with E-state index >= 15 is 0 Å². The zero-order chi connectivity index (χ0) is 16.5. The molecule has 0 aliphatic heterocycles. The quantitative estimate of drug-likeness (QED) is 0.745. The van der Waals surface area contributed by atoms with E-state index in [1.807, 2.05) is 30.3 Å². The monoisotopic (exact) mass is 328 g/mol. The molecule has 0 radical (unpaired) electrons. The first-order valence-electron chi connectivity index (χ1n) is 7.97. The van der Waals surface area contributed by atoms with Crippen LogP contribution in [0.25, 0.3) is 0 Å². The normalized spacial score (nSPS) is 10.2. The predicted octanol–water partition coefficient (Wildman–Crippen LogP) is 4.69. The zero-order valence-corrected chi connectivity index (χ0v) is 14.6. The van der Waals surface area contributed by atoms with Gasteiger partial charge in [0.05, 0.1) is 7.11 Å². The number of hydrogen-bond donors (Lipinski definition) is 1. The fourth-order valence-electron chi connectivity index (χ4n) is 2.28. The van der Waals surface area contributed by atoms with Crippen LogP contribution in [0.1, 0.15) is 25.3 Å². The second-order valence-corrected chi connectivity index (χ2v) is 5.81. The Hall–Kier alpha value is -2.07. The van der Waals surface area contributed by atoms with Crippen molar-refractivity contribution >= 4 is 23.0 Å². The second-order valence-electron chi connectivity index (χ2n) is 5.42. The lowest BCUT2D eigenvalue weighted by Gasteiger charge is -2.26. The van der Waals surface area contributed by atoms with Gasteiger partial charge in [0.25, 0.3) is 0 Å². The molecule has 4 heteroatoms. The van der Waals surface area contributed by atoms with Gasteiger partial charge in [-0.05, 0) is 48.5 Å². The molecule has 0 fully saturated rings. The molecule has 0 saturated carbocycles. The minimum absolute atomic E-state index is 0.757. The highest BCUT2D eigenvalue weighted by Gasteiger charge is 2.10. The van der Waals surface area contributed by atoms with Crippen LogP contribution in [-0.2, 0) is 6.54 Å². The number of benzene rings is 2. The van der Waals surface area contributed by atoms with Gasteiger partial charge in [-0.2, -0.15) is 0 Å². The van der Waals surface area contributed by atoms with Gasteiger partial charge in [0.15, 0.2) is 5.11 Å². The lowest BCUT2D eigenvalue weighted by atomic mass is 10.2. The number of nitrogens with zero attached hydrogens (tertiary/aromatic N) is 1. The number of anilines is 1. The van der Waals surface area contributed by atoms with Crippen LogP contribution in [0, 0.1) is 0 Å². The van der Waals surface area contributed by atoms with Crippen molar-refractivity contribution in [2.45, 2.75) is 26.3 Å². The Labute approximate surface area is 144 Å². The van der Waals surface area contributed by atoms with Crippen molar-refractivity contribution in [3.63, 3.8) is 0 Å². The molecular weight excluding hydrogens is 304 g/mol. The molecule has 0 spiro atoms. The highest BCUT2D eigenvalue weighted by molar-refractivity contribution is 7.80. The average molecular weight is 328 g/mol. The van der Waals surface area contributed by atoms with Crippen LogP contribution >= 0.6 is 12.2 Å². The standard InChI is InChI=1S/C19H24N2OS/c1-3-4-14-21(15-16-8-6-5-7-9-16)19(23)20-17-10-12-18(22-2)13-11-17/h5-13H,3-4,14-15H2,1-2H3,(H,20,23). The van der Waals surface area contributed by atoms with Crippen LogP contribution in [0.5, 0.6) is 5.75 Å². The lowest BCUT2D eigenvalue weighted by Crippen LogP contribution is -2.35. The molecule has 1 N–H and O–H groups in total. The van der Waals surface area contributed by atoms with E-state index in [4.69, 9.17) is 17.0 Å². The minimum Gasteiger partial charge on any atom is -0.497 e. The third kappa shape index (κ3) is 5.57. The molecule has 0 aromatic heterocycles. The molecule has 0 amide bonds. The molecule has 0 unspecified atom stereocenters. The van der Waals surface area contributed by atoms with Gasteiger partial charge in [0.2, 0.25) is 0 Å². The van der Waals surface area contributed by atoms with E-state index in [-0.39, 0.29) is 0 Å². The number of rotatable bonds is 7. The highest BCUT2D eigenvalue weighted by Crippen LogP contribution is 2.16. The van der Waals surface area contributed by atoms with Gasteiger partial charge in [-0.15, -0.1) is 0 Å². The maximum Gasteiger partial charge on any atom is 0.173 e. The summed E-state index contributed by atoms with van der Waals surface area (Å²) in [7, 11) is 1.67. The summed E-state index contributed by atoms with van der Waals surface area (Å²) in [6, 6.07) is 18.2. The van der Waals surface area contributed by atoms with Gasteiger partial charge in [0, 0.05) is 18.8 Å². The molecule has 0 aliphatic rings. The molecule has 122 valence electrons. The van der Waals surface area contributed by atoms with E-state index in [0.29, 0.717) is 0 Å². The number of hydrogen-bond acceptors (Lipinski definition) is 2. The summed E-state index contributed by atoms with van der Waals surface area (Å²) in [5.74, 6) is 0.841. The van der Waals surface area contributed by atoms with Crippen LogP contribution in [0.4, 0.5) is 5.69 Å². The lowest BCUT2D eigenvalue weighted by molar-refractivity contribution is 0.407. The largest absolute Gasteiger partial charge is 0.497 e. The van der Waals surface area contributed by atoms with Gasteiger partial charge < -0.3 is 15.0 Å². The third-order valence-corrected chi connectivity index (χ3v) is 3.99. The Morgan fingerprint density at radius 1 is 1.09 bits per heavy atom. The summed E-state index contributed by atoms with van der Waals surface area (Å²) in [4.78, 5) is 2.22. The molecule has 0 saturated heterocycles. The predicted molar refractivity (Wildman–Crippen MR) is 101 cm³/mol. The van der Waals surface area contributed by atoms with Crippen molar-refractivity contribution < 1.29 is 4.74 Å². The molecule has 0 bridgehead atoms. The van der Waals surface area contributed by atoms with Crippen molar-refractivity contribution in [1.29, 1.82) is 0 Å². The van der Waals surface area contributed by atoms with E-state index in [1.54, 1.807) is 7.11 Å². The summed E-state index contributed by atoms with van der Waals surface area (Å²) in [6.07, 6.45) is 2.27. The first-order valence-corrected chi connectivity index (χ1v) is 8.37. The zero-order valence-electron chi connectivity index (χ0n) is 13.8. The van der Waals surface area contributed by atoms with Gasteiger partial charge in [-0.1, -0.05) is 43.7 Å². The Balaban J connectivity index is 2.02. The van der Waals surface area contributed by atoms with Gasteiger partial charge in [-0.25, -0.2) is 0 Å². The van der Waals surface area contributed by atoms with E-state index in [2.05, 4.69) is 41.4 Å². The summed E-state index contributed by atoms with van der Waals surface area (Å²) in [5.41, 5.74) is 2.24. The Morgan fingerprint density at radius 3 is 2.39 bits per heavy atom. The SMILES string of the molecule is CCCCN(Cc1ccccc1)C(=S)Nc1ccc(OC)cc1. The fraction of sp³-hybridized carbons (Fsp3) is 0.316. The summed E-state index contributed by atoms with van der Waals surface area (Å²) < 4.78 is 5.18. The molecule has 0 aliphatic carbocycles. The fourth-order valence-corrected chi connectivity index (χ4v) is 2.56. The molecule has 2 aromatic carbocycles. The average Bonchev–Trinajstić information content (AvgIpc) is 2.60. The Kier molecular flexibility index (Phi) is 6.88. The number of ether oxygens (including phenoxy) is 1. The van der Waals surface area contributed by atoms with Gasteiger partial charge in [0.1, 0.15) is 5.75 Å². The summed E-state index contributed by atoms with van der Waals surface area (Å²) in [6.45, 7) is 3.97. The molecule has 0 atom stereocenters. The van der Waals surface area contributed by atoms with Gasteiger partial charge >= 0.3 is 0 Å². The third-order valence-electron chi connectivity index (χ3n) is 3.63. The van der Waals surface area contributed by atoms with E-state index < -0.39 is 0 Å². The molecule has 2 aromatic rings. The smallest absolute Gasteiger partial charge is 0.173 e. The summed E-state index contributed by atoms with van der Waals surface area (Å²) >= 11 is 5.61. The summed E-state index contributed by atoms with van der Waals surface area (Å²) in [5, 5.41) is 4.08. The second kappa shape index (κ2) is 9.16. The Bertz CT molecular complexity index is 599. The van der Waals surface area contributed by atoms with Crippen LogP contribution in [0.3, 0.4) is 0 Å². The molecular formula is C19H24N2OS. The van der Waals surface area contributed by atoms with Crippen LogP contribution < -0.4 is 10.1 Å². The molecule has 3 nitrogen and oxygen atoms in total. The van der Waals surface area contributed by atoms with Crippen LogP contribution in [0.15, 0.2) is 54.6 Å².